The van der Waals surface area contributed by atoms with Crippen LogP contribution in [0.1, 0.15) is 30.5 Å². The molecule has 0 spiro atoms. The van der Waals surface area contributed by atoms with E-state index in [0.29, 0.717) is 24.8 Å². The van der Waals surface area contributed by atoms with Crippen molar-refractivity contribution in [2.45, 2.75) is 25.2 Å². The van der Waals surface area contributed by atoms with Crippen LogP contribution in [0.15, 0.2) is 4.52 Å². The number of hydrogen-bond donors (Lipinski definition) is 2. The normalized spacial score (nSPS) is 18.6. The molecule has 2 rings (SSSR count). The van der Waals surface area contributed by atoms with Gasteiger partial charge in [-0.3, -0.25) is 0 Å². The zero-order valence-electron chi connectivity index (χ0n) is 8.20. The van der Waals surface area contributed by atoms with E-state index in [9.17, 15) is 0 Å². The lowest BCUT2D eigenvalue weighted by Crippen LogP contribution is -2.27. The Morgan fingerprint density at radius 3 is 2.93 bits per heavy atom. The summed E-state index contributed by atoms with van der Waals surface area (Å²) in [7, 11) is 0. The summed E-state index contributed by atoms with van der Waals surface area (Å²) < 4.78 is 5.10. The summed E-state index contributed by atoms with van der Waals surface area (Å²) >= 11 is 0. The van der Waals surface area contributed by atoms with E-state index in [-0.39, 0.29) is 0 Å². The molecule has 0 atom stereocenters. The molecule has 0 aliphatic carbocycles. The van der Waals surface area contributed by atoms with Crippen LogP contribution in [-0.2, 0) is 6.42 Å². The van der Waals surface area contributed by atoms with E-state index >= 15 is 0 Å². The van der Waals surface area contributed by atoms with Crippen molar-refractivity contribution < 1.29 is 4.52 Å². The molecule has 1 saturated heterocycles. The molecule has 2 heterocycles. The number of nitrogens with one attached hydrogen (secondary N) is 1. The van der Waals surface area contributed by atoms with Crippen molar-refractivity contribution in [1.82, 2.24) is 15.5 Å². The first-order valence-electron chi connectivity index (χ1n) is 5.13. The minimum absolute atomic E-state index is 0.464. The Balaban J connectivity index is 2.00. The molecule has 1 aromatic heterocycles. The van der Waals surface area contributed by atoms with Crippen molar-refractivity contribution in [2.24, 2.45) is 5.73 Å². The summed E-state index contributed by atoms with van der Waals surface area (Å²) in [6.45, 7) is 2.66. The van der Waals surface area contributed by atoms with Gasteiger partial charge in [0, 0.05) is 18.9 Å². The Morgan fingerprint density at radius 1 is 1.43 bits per heavy atom. The van der Waals surface area contributed by atoms with Gasteiger partial charge in [0.25, 0.3) is 0 Å². The van der Waals surface area contributed by atoms with Crippen molar-refractivity contribution in [3.05, 3.63) is 11.7 Å². The van der Waals surface area contributed by atoms with Gasteiger partial charge in [-0.05, 0) is 25.9 Å². The quantitative estimate of drug-likeness (QED) is 0.713. The third-order valence-corrected chi connectivity index (χ3v) is 2.55. The molecule has 0 saturated carbocycles. The molecule has 78 valence electrons. The Bertz CT molecular complexity index is 280. The minimum atomic E-state index is 0.464. The predicted molar refractivity (Wildman–Crippen MR) is 51.9 cm³/mol. The number of nitrogens with two attached hydrogens (primary N) is 1. The van der Waals surface area contributed by atoms with Gasteiger partial charge in [-0.15, -0.1) is 0 Å². The van der Waals surface area contributed by atoms with Crippen LogP contribution in [0.25, 0.3) is 0 Å². The average Bonchev–Trinajstić information content (AvgIpc) is 2.68. The second kappa shape index (κ2) is 4.52. The van der Waals surface area contributed by atoms with Gasteiger partial charge in [-0.2, -0.15) is 4.98 Å². The fourth-order valence-corrected chi connectivity index (χ4v) is 1.74. The highest BCUT2D eigenvalue weighted by atomic mass is 16.5. The highest BCUT2D eigenvalue weighted by Gasteiger charge is 2.20. The maximum Gasteiger partial charge on any atom is 0.227 e. The molecule has 1 aliphatic heterocycles. The van der Waals surface area contributed by atoms with Gasteiger partial charge in [-0.1, -0.05) is 5.16 Å². The second-order valence-corrected chi connectivity index (χ2v) is 3.61. The zero-order chi connectivity index (χ0) is 9.80. The maximum atomic E-state index is 5.41. The molecular weight excluding hydrogens is 180 g/mol. The lowest BCUT2D eigenvalue weighted by molar-refractivity contribution is 0.361. The van der Waals surface area contributed by atoms with Gasteiger partial charge in [-0.25, -0.2) is 0 Å². The van der Waals surface area contributed by atoms with Crippen molar-refractivity contribution in [2.75, 3.05) is 19.6 Å². The molecular formula is C9H16N4O. The van der Waals surface area contributed by atoms with E-state index in [1.165, 1.54) is 0 Å². The van der Waals surface area contributed by atoms with Gasteiger partial charge in [0.15, 0.2) is 5.82 Å². The lowest BCUT2D eigenvalue weighted by Gasteiger charge is -2.18. The Kier molecular flexibility index (Phi) is 3.10. The highest BCUT2D eigenvalue weighted by molar-refractivity contribution is 4.97. The summed E-state index contributed by atoms with van der Waals surface area (Å²) in [5.41, 5.74) is 5.41. The third-order valence-electron chi connectivity index (χ3n) is 2.55. The second-order valence-electron chi connectivity index (χ2n) is 3.61. The molecule has 1 aromatic rings. The van der Waals surface area contributed by atoms with Crippen LogP contribution in [0.3, 0.4) is 0 Å². The molecule has 14 heavy (non-hydrogen) atoms. The summed E-state index contributed by atoms with van der Waals surface area (Å²) in [4.78, 5) is 4.34. The van der Waals surface area contributed by atoms with Crippen molar-refractivity contribution >= 4 is 0 Å². The molecule has 0 aromatic carbocycles. The van der Waals surface area contributed by atoms with Crippen molar-refractivity contribution in [3.8, 4) is 0 Å². The summed E-state index contributed by atoms with van der Waals surface area (Å²) in [6.07, 6.45) is 2.88. The van der Waals surface area contributed by atoms with Crippen molar-refractivity contribution in [3.63, 3.8) is 0 Å². The molecule has 5 nitrogen and oxygen atoms in total. The van der Waals surface area contributed by atoms with Crippen LogP contribution in [0.5, 0.6) is 0 Å². The standard InChI is InChI=1S/C9H16N4O/c10-4-1-8-12-9(13-14-8)7-2-5-11-6-3-7/h7,11H,1-6,10H2. The molecule has 0 amide bonds. The number of aromatic nitrogens is 2. The molecule has 5 heteroatoms. The van der Waals surface area contributed by atoms with E-state index in [1.54, 1.807) is 0 Å². The van der Waals surface area contributed by atoms with Crippen LogP contribution in [-0.4, -0.2) is 29.8 Å². The molecule has 1 fully saturated rings. The van der Waals surface area contributed by atoms with Gasteiger partial charge in [0.2, 0.25) is 5.89 Å². The number of rotatable bonds is 3. The van der Waals surface area contributed by atoms with Crippen LogP contribution >= 0.6 is 0 Å². The number of hydrogen-bond acceptors (Lipinski definition) is 5. The Labute approximate surface area is 83.1 Å². The van der Waals surface area contributed by atoms with E-state index in [1.807, 2.05) is 0 Å². The Hall–Kier alpha value is -0.940. The fourth-order valence-electron chi connectivity index (χ4n) is 1.74. The molecule has 0 radical (unpaired) electrons. The fraction of sp³-hybridized carbons (Fsp3) is 0.778. The monoisotopic (exact) mass is 196 g/mol. The van der Waals surface area contributed by atoms with E-state index in [2.05, 4.69) is 15.5 Å². The zero-order valence-corrected chi connectivity index (χ0v) is 8.20. The van der Waals surface area contributed by atoms with Crippen LogP contribution in [0.2, 0.25) is 0 Å². The van der Waals surface area contributed by atoms with Crippen LogP contribution < -0.4 is 11.1 Å². The van der Waals surface area contributed by atoms with Gasteiger partial charge < -0.3 is 15.6 Å². The van der Waals surface area contributed by atoms with Gasteiger partial charge in [0.1, 0.15) is 0 Å². The molecule has 0 unspecified atom stereocenters. The SMILES string of the molecule is NCCc1nc(C2CCNCC2)no1. The predicted octanol–water partition coefficient (Wildman–Crippen LogP) is 0.0378. The van der Waals surface area contributed by atoms with Gasteiger partial charge >= 0.3 is 0 Å². The number of piperidine rings is 1. The average molecular weight is 196 g/mol. The largest absolute Gasteiger partial charge is 0.339 e. The molecule has 0 bridgehead atoms. The van der Waals surface area contributed by atoms with Crippen LogP contribution in [0, 0.1) is 0 Å². The van der Waals surface area contributed by atoms with E-state index < -0.39 is 0 Å². The first kappa shape index (κ1) is 9.61. The first-order chi connectivity index (χ1) is 6.90. The maximum absolute atomic E-state index is 5.41. The topological polar surface area (TPSA) is 77.0 Å². The lowest BCUT2D eigenvalue weighted by atomic mass is 9.98. The molecule has 3 N–H and O–H groups in total. The van der Waals surface area contributed by atoms with Gasteiger partial charge in [0.05, 0.1) is 0 Å². The summed E-state index contributed by atoms with van der Waals surface area (Å²) in [6, 6.07) is 0. The Morgan fingerprint density at radius 2 is 2.21 bits per heavy atom. The number of nitrogens with zero attached hydrogens (tertiary/aromatic N) is 2. The summed E-state index contributed by atoms with van der Waals surface area (Å²) in [5, 5.41) is 7.30. The van der Waals surface area contributed by atoms with Crippen LogP contribution in [0.4, 0.5) is 0 Å². The van der Waals surface area contributed by atoms with E-state index in [0.717, 1.165) is 31.8 Å². The summed E-state index contributed by atoms with van der Waals surface area (Å²) in [5.74, 6) is 1.99. The highest BCUT2D eigenvalue weighted by Crippen LogP contribution is 2.22. The minimum Gasteiger partial charge on any atom is -0.339 e. The molecule has 1 aliphatic rings. The first-order valence-corrected chi connectivity index (χ1v) is 5.13. The van der Waals surface area contributed by atoms with E-state index in [4.69, 9.17) is 10.3 Å². The van der Waals surface area contributed by atoms with Crippen molar-refractivity contribution in [1.29, 1.82) is 0 Å². The smallest absolute Gasteiger partial charge is 0.227 e. The third kappa shape index (κ3) is 2.10.